The molecule has 0 aliphatic carbocycles. The van der Waals surface area contributed by atoms with Crippen LogP contribution in [0.4, 0.5) is 5.13 Å². The summed E-state index contributed by atoms with van der Waals surface area (Å²) in [6.07, 6.45) is -0.312. The van der Waals surface area contributed by atoms with Gasteiger partial charge in [-0.15, -0.1) is 5.11 Å². The molecule has 0 aliphatic heterocycles. The molecule has 0 unspecified atom stereocenters. The number of ether oxygens (including phenoxy) is 2. The van der Waals surface area contributed by atoms with Crippen molar-refractivity contribution in [1.82, 2.24) is 4.98 Å². The van der Waals surface area contributed by atoms with Gasteiger partial charge < -0.3 is 19.7 Å². The first-order chi connectivity index (χ1) is 14.4. The Morgan fingerprint density at radius 2 is 1.90 bits per heavy atom. The maximum Gasteiger partial charge on any atom is 0.308 e. The number of carboxylic acid groups (broad SMARTS) is 1. The fourth-order valence-electron chi connectivity index (χ4n) is 2.48. The predicted octanol–water partition coefficient (Wildman–Crippen LogP) is 5.00. The van der Waals surface area contributed by atoms with Crippen LogP contribution in [0.3, 0.4) is 0 Å². The average Bonchev–Trinajstić information content (AvgIpc) is 3.06. The summed E-state index contributed by atoms with van der Waals surface area (Å²) in [6, 6.07) is 12.8. The highest BCUT2D eigenvalue weighted by Gasteiger charge is 2.13. The van der Waals surface area contributed by atoms with Gasteiger partial charge >= 0.3 is 5.97 Å². The second kappa shape index (κ2) is 10.0. The summed E-state index contributed by atoms with van der Waals surface area (Å²) in [5.74, 6) is -0.230. The van der Waals surface area contributed by atoms with Crippen molar-refractivity contribution in [2.45, 2.75) is 19.6 Å². The first-order valence-electron chi connectivity index (χ1n) is 8.76. The SMILES string of the molecule is COc1cc(CN=Nc2nc(O)c(CC(=O)O)s2)ccc1OCc1ccc(Cl)cc1. The third kappa shape index (κ3) is 5.91. The maximum atomic E-state index is 10.7. The van der Waals surface area contributed by atoms with Crippen molar-refractivity contribution in [2.24, 2.45) is 10.2 Å². The molecule has 1 heterocycles. The highest BCUT2D eigenvalue weighted by molar-refractivity contribution is 7.15. The minimum absolute atomic E-state index is 0.193. The lowest BCUT2D eigenvalue weighted by molar-refractivity contribution is -0.136. The van der Waals surface area contributed by atoms with Crippen LogP contribution in [0.15, 0.2) is 52.7 Å². The Balaban J connectivity index is 1.62. The van der Waals surface area contributed by atoms with Crippen molar-refractivity contribution < 1.29 is 24.5 Å². The largest absolute Gasteiger partial charge is 0.493 e. The number of aromatic hydroxyl groups is 1. The molecule has 0 fully saturated rings. The van der Waals surface area contributed by atoms with Gasteiger partial charge in [0, 0.05) is 5.02 Å². The molecule has 0 spiro atoms. The van der Waals surface area contributed by atoms with Gasteiger partial charge in [0.05, 0.1) is 25.0 Å². The zero-order chi connectivity index (χ0) is 21.5. The van der Waals surface area contributed by atoms with Crippen LogP contribution in [0.5, 0.6) is 17.4 Å². The molecule has 0 amide bonds. The van der Waals surface area contributed by atoms with Gasteiger partial charge in [0.1, 0.15) is 6.61 Å². The summed E-state index contributed by atoms with van der Waals surface area (Å²) in [6.45, 7) is 0.626. The molecule has 10 heteroatoms. The van der Waals surface area contributed by atoms with E-state index in [2.05, 4.69) is 15.2 Å². The number of hydrogen-bond donors (Lipinski definition) is 2. The Morgan fingerprint density at radius 1 is 1.17 bits per heavy atom. The summed E-state index contributed by atoms with van der Waals surface area (Å²) < 4.78 is 11.2. The molecular formula is C20H18ClN3O5S. The average molecular weight is 448 g/mol. The Hall–Kier alpha value is -3.17. The number of benzene rings is 2. The smallest absolute Gasteiger partial charge is 0.308 e. The van der Waals surface area contributed by atoms with Gasteiger partial charge in [0.15, 0.2) is 11.5 Å². The molecule has 2 N–H and O–H groups in total. The van der Waals surface area contributed by atoms with E-state index in [0.717, 1.165) is 22.5 Å². The van der Waals surface area contributed by atoms with E-state index in [1.54, 1.807) is 31.4 Å². The van der Waals surface area contributed by atoms with Crippen molar-refractivity contribution in [3.05, 3.63) is 63.5 Å². The molecule has 0 bridgehead atoms. The molecule has 30 heavy (non-hydrogen) atoms. The molecular weight excluding hydrogens is 430 g/mol. The van der Waals surface area contributed by atoms with Crippen molar-refractivity contribution >= 4 is 34.0 Å². The summed E-state index contributed by atoms with van der Waals surface area (Å²) >= 11 is 6.87. The molecule has 0 saturated heterocycles. The van der Waals surface area contributed by atoms with E-state index in [1.807, 2.05) is 18.2 Å². The Morgan fingerprint density at radius 3 is 2.60 bits per heavy atom. The highest BCUT2D eigenvalue weighted by atomic mass is 35.5. The monoisotopic (exact) mass is 447 g/mol. The second-order valence-corrected chi connectivity index (χ2v) is 7.61. The fourth-order valence-corrected chi connectivity index (χ4v) is 3.39. The van der Waals surface area contributed by atoms with E-state index < -0.39 is 5.97 Å². The standard InChI is InChI=1S/C20H18ClN3O5S/c1-28-16-8-13(4-7-15(16)29-11-12-2-5-14(21)6-3-12)10-22-24-20-23-19(27)17(30-20)9-18(25)26/h2-8,27H,9-11H2,1H3,(H,25,26). The van der Waals surface area contributed by atoms with Gasteiger partial charge in [0.25, 0.3) is 0 Å². The third-order valence-corrected chi connectivity index (χ3v) is 5.10. The van der Waals surface area contributed by atoms with E-state index in [9.17, 15) is 9.90 Å². The molecule has 3 rings (SSSR count). The lowest BCUT2D eigenvalue weighted by atomic mass is 10.2. The van der Waals surface area contributed by atoms with Gasteiger partial charge in [-0.2, -0.15) is 10.1 Å². The normalized spacial score (nSPS) is 11.0. The van der Waals surface area contributed by atoms with Crippen molar-refractivity contribution in [3.63, 3.8) is 0 Å². The van der Waals surface area contributed by atoms with Crippen molar-refractivity contribution in [3.8, 4) is 17.4 Å². The zero-order valence-electron chi connectivity index (χ0n) is 15.9. The summed E-state index contributed by atoms with van der Waals surface area (Å²) in [5.41, 5.74) is 1.81. The maximum absolute atomic E-state index is 10.7. The Kier molecular flexibility index (Phi) is 7.21. The molecule has 156 valence electrons. The van der Waals surface area contributed by atoms with Crippen LogP contribution in [0, 0.1) is 0 Å². The fraction of sp³-hybridized carbons (Fsp3) is 0.200. The molecule has 0 atom stereocenters. The van der Waals surface area contributed by atoms with Crippen LogP contribution < -0.4 is 9.47 Å². The number of rotatable bonds is 9. The lowest BCUT2D eigenvalue weighted by Gasteiger charge is -2.11. The van der Waals surface area contributed by atoms with Crippen LogP contribution in [-0.2, 0) is 24.4 Å². The highest BCUT2D eigenvalue weighted by Crippen LogP contribution is 2.32. The van der Waals surface area contributed by atoms with Gasteiger partial charge in [-0.25, -0.2) is 0 Å². The van der Waals surface area contributed by atoms with Crippen LogP contribution in [0.25, 0.3) is 0 Å². The second-order valence-electron chi connectivity index (χ2n) is 6.11. The number of nitrogens with zero attached hydrogens (tertiary/aromatic N) is 3. The summed E-state index contributed by atoms with van der Waals surface area (Å²) in [4.78, 5) is 14.8. The molecule has 0 radical (unpaired) electrons. The summed E-state index contributed by atoms with van der Waals surface area (Å²) in [7, 11) is 1.55. The van der Waals surface area contributed by atoms with E-state index in [0.29, 0.717) is 23.1 Å². The van der Waals surface area contributed by atoms with Crippen LogP contribution in [0.1, 0.15) is 16.0 Å². The number of thiazole rings is 1. The number of halogens is 1. The number of aromatic nitrogens is 1. The van der Waals surface area contributed by atoms with Gasteiger partial charge in [0.2, 0.25) is 11.0 Å². The Bertz CT molecular complexity index is 1050. The minimum Gasteiger partial charge on any atom is -0.493 e. The van der Waals surface area contributed by atoms with E-state index >= 15 is 0 Å². The third-order valence-electron chi connectivity index (χ3n) is 3.92. The number of carboxylic acids is 1. The van der Waals surface area contributed by atoms with Crippen LogP contribution >= 0.6 is 22.9 Å². The van der Waals surface area contributed by atoms with Gasteiger partial charge in [-0.1, -0.05) is 41.1 Å². The van der Waals surface area contributed by atoms with E-state index in [-0.39, 0.29) is 28.9 Å². The number of carbonyl (C=O) groups is 1. The van der Waals surface area contributed by atoms with E-state index in [1.165, 1.54) is 0 Å². The van der Waals surface area contributed by atoms with Crippen molar-refractivity contribution in [2.75, 3.05) is 7.11 Å². The number of hydrogen-bond acceptors (Lipinski definition) is 8. The van der Waals surface area contributed by atoms with Crippen molar-refractivity contribution in [1.29, 1.82) is 0 Å². The topological polar surface area (TPSA) is 114 Å². The van der Waals surface area contributed by atoms with E-state index in [4.69, 9.17) is 26.2 Å². The first-order valence-corrected chi connectivity index (χ1v) is 9.96. The molecule has 0 saturated carbocycles. The predicted molar refractivity (Wildman–Crippen MR) is 112 cm³/mol. The molecule has 8 nitrogen and oxygen atoms in total. The zero-order valence-corrected chi connectivity index (χ0v) is 17.5. The molecule has 3 aromatic rings. The molecule has 0 aliphatic rings. The lowest BCUT2D eigenvalue weighted by Crippen LogP contribution is -1.98. The molecule has 2 aromatic carbocycles. The summed E-state index contributed by atoms with van der Waals surface area (Å²) in [5, 5.41) is 27.3. The van der Waals surface area contributed by atoms with Crippen LogP contribution in [0.2, 0.25) is 5.02 Å². The Labute approximate surface area is 181 Å². The minimum atomic E-state index is -1.05. The van der Waals surface area contributed by atoms with Crippen LogP contribution in [-0.4, -0.2) is 28.3 Å². The van der Waals surface area contributed by atoms with Gasteiger partial charge in [-0.05, 0) is 35.4 Å². The number of azo groups is 1. The number of aliphatic carboxylic acids is 1. The first kappa shape index (κ1) is 21.5. The van der Waals surface area contributed by atoms with Gasteiger partial charge in [-0.3, -0.25) is 4.79 Å². The number of methoxy groups -OCH3 is 1. The molecule has 1 aromatic heterocycles. The quantitative estimate of drug-likeness (QED) is 0.446.